The van der Waals surface area contributed by atoms with Crippen LogP contribution in [0.15, 0.2) is 24.8 Å². The second kappa shape index (κ2) is 3.45. The lowest BCUT2D eigenvalue weighted by atomic mass is 10.1. The van der Waals surface area contributed by atoms with Crippen molar-refractivity contribution in [2.24, 2.45) is 5.73 Å². The SMILES string of the molecule is C=CC(N)c1ccc(F)nc1C. The normalized spacial score (nSPS) is 12.6. The third-order valence-electron chi connectivity index (χ3n) is 1.71. The summed E-state index contributed by atoms with van der Waals surface area (Å²) in [5.74, 6) is -0.479. The van der Waals surface area contributed by atoms with Crippen LogP contribution in [0.2, 0.25) is 0 Å². The molecule has 3 heteroatoms. The fraction of sp³-hybridized carbons (Fsp3) is 0.222. The average molecular weight is 166 g/mol. The number of nitrogens with zero attached hydrogens (tertiary/aromatic N) is 1. The monoisotopic (exact) mass is 166 g/mol. The first-order chi connectivity index (χ1) is 5.65. The Morgan fingerprint density at radius 3 is 2.83 bits per heavy atom. The summed E-state index contributed by atoms with van der Waals surface area (Å²) in [6.45, 7) is 5.28. The maximum atomic E-state index is 12.5. The summed E-state index contributed by atoms with van der Waals surface area (Å²) in [6, 6.07) is 2.66. The summed E-state index contributed by atoms with van der Waals surface area (Å²) in [7, 11) is 0. The van der Waals surface area contributed by atoms with Crippen LogP contribution in [0.4, 0.5) is 4.39 Å². The third-order valence-corrected chi connectivity index (χ3v) is 1.71. The molecule has 0 saturated heterocycles. The van der Waals surface area contributed by atoms with Gasteiger partial charge in [0.2, 0.25) is 5.95 Å². The molecule has 2 N–H and O–H groups in total. The maximum absolute atomic E-state index is 12.5. The second-order valence-corrected chi connectivity index (χ2v) is 2.57. The van der Waals surface area contributed by atoms with Crippen molar-refractivity contribution >= 4 is 0 Å². The van der Waals surface area contributed by atoms with Gasteiger partial charge in [0.1, 0.15) is 0 Å². The van der Waals surface area contributed by atoms with Crippen molar-refractivity contribution in [2.75, 3.05) is 0 Å². The predicted molar refractivity (Wildman–Crippen MR) is 46.1 cm³/mol. The molecule has 12 heavy (non-hydrogen) atoms. The molecule has 0 spiro atoms. The molecule has 0 aromatic carbocycles. The van der Waals surface area contributed by atoms with Gasteiger partial charge in [-0.25, -0.2) is 4.98 Å². The Morgan fingerprint density at radius 1 is 1.67 bits per heavy atom. The molecular formula is C9H11FN2. The summed E-state index contributed by atoms with van der Waals surface area (Å²) < 4.78 is 12.5. The quantitative estimate of drug-likeness (QED) is 0.536. The van der Waals surface area contributed by atoms with E-state index in [-0.39, 0.29) is 6.04 Å². The van der Waals surface area contributed by atoms with E-state index < -0.39 is 5.95 Å². The van der Waals surface area contributed by atoms with Crippen molar-refractivity contribution in [2.45, 2.75) is 13.0 Å². The minimum absolute atomic E-state index is 0.266. The van der Waals surface area contributed by atoms with Crippen molar-refractivity contribution in [1.29, 1.82) is 0 Å². The molecule has 1 rings (SSSR count). The van der Waals surface area contributed by atoms with E-state index in [4.69, 9.17) is 5.73 Å². The first kappa shape index (κ1) is 8.87. The molecule has 1 aromatic heterocycles. The van der Waals surface area contributed by atoms with Crippen molar-refractivity contribution in [3.63, 3.8) is 0 Å². The van der Waals surface area contributed by atoms with Crippen molar-refractivity contribution in [3.8, 4) is 0 Å². The molecule has 0 aliphatic rings. The summed E-state index contributed by atoms with van der Waals surface area (Å²) in [5.41, 5.74) is 7.09. The number of nitrogens with two attached hydrogens (primary N) is 1. The van der Waals surface area contributed by atoms with Crippen LogP contribution in [0.25, 0.3) is 0 Å². The Bertz CT molecular complexity index is 297. The van der Waals surface area contributed by atoms with Crippen LogP contribution >= 0.6 is 0 Å². The molecule has 1 aromatic rings. The summed E-state index contributed by atoms with van der Waals surface area (Å²) in [4.78, 5) is 3.65. The highest BCUT2D eigenvalue weighted by atomic mass is 19.1. The number of hydrogen-bond donors (Lipinski definition) is 1. The molecule has 0 bridgehead atoms. The van der Waals surface area contributed by atoms with Crippen LogP contribution in [-0.4, -0.2) is 4.98 Å². The zero-order valence-corrected chi connectivity index (χ0v) is 6.92. The molecular weight excluding hydrogens is 155 g/mol. The van der Waals surface area contributed by atoms with Gasteiger partial charge in [0.05, 0.1) is 0 Å². The van der Waals surface area contributed by atoms with E-state index in [0.29, 0.717) is 5.69 Å². The van der Waals surface area contributed by atoms with Gasteiger partial charge in [-0.15, -0.1) is 6.58 Å². The summed E-state index contributed by atoms with van der Waals surface area (Å²) in [5, 5.41) is 0. The molecule has 1 unspecified atom stereocenters. The predicted octanol–water partition coefficient (Wildman–Crippen LogP) is 1.71. The lowest BCUT2D eigenvalue weighted by Gasteiger charge is -2.08. The van der Waals surface area contributed by atoms with Crippen LogP contribution in [-0.2, 0) is 0 Å². The van der Waals surface area contributed by atoms with E-state index in [2.05, 4.69) is 11.6 Å². The third kappa shape index (κ3) is 1.68. The topological polar surface area (TPSA) is 38.9 Å². The van der Waals surface area contributed by atoms with E-state index >= 15 is 0 Å². The number of hydrogen-bond acceptors (Lipinski definition) is 2. The van der Waals surface area contributed by atoms with Gasteiger partial charge in [-0.2, -0.15) is 4.39 Å². The highest BCUT2D eigenvalue weighted by molar-refractivity contribution is 5.25. The van der Waals surface area contributed by atoms with Crippen LogP contribution < -0.4 is 5.73 Å². The fourth-order valence-corrected chi connectivity index (χ4v) is 1.02. The van der Waals surface area contributed by atoms with Gasteiger partial charge in [0.15, 0.2) is 0 Å². The Labute approximate surface area is 70.9 Å². The molecule has 0 aliphatic carbocycles. The Hall–Kier alpha value is -1.22. The molecule has 1 heterocycles. The maximum Gasteiger partial charge on any atom is 0.213 e. The fourth-order valence-electron chi connectivity index (χ4n) is 1.02. The van der Waals surface area contributed by atoms with Crippen LogP contribution in [0.1, 0.15) is 17.3 Å². The first-order valence-electron chi connectivity index (χ1n) is 3.66. The zero-order valence-electron chi connectivity index (χ0n) is 6.92. The Balaban J connectivity index is 3.09. The number of rotatable bonds is 2. The number of aryl methyl sites for hydroxylation is 1. The van der Waals surface area contributed by atoms with Gasteiger partial charge < -0.3 is 5.73 Å². The van der Waals surface area contributed by atoms with Gasteiger partial charge in [-0.1, -0.05) is 12.1 Å². The number of pyridine rings is 1. The molecule has 0 fully saturated rings. The minimum Gasteiger partial charge on any atom is -0.321 e. The van der Waals surface area contributed by atoms with Gasteiger partial charge in [-0.3, -0.25) is 0 Å². The summed E-state index contributed by atoms with van der Waals surface area (Å²) in [6.07, 6.45) is 1.60. The minimum atomic E-state index is -0.479. The van der Waals surface area contributed by atoms with E-state index in [9.17, 15) is 4.39 Å². The van der Waals surface area contributed by atoms with Gasteiger partial charge >= 0.3 is 0 Å². The summed E-state index contributed by atoms with van der Waals surface area (Å²) >= 11 is 0. The van der Waals surface area contributed by atoms with Crippen molar-refractivity contribution in [1.82, 2.24) is 4.98 Å². The lowest BCUT2D eigenvalue weighted by molar-refractivity contribution is 0.577. The van der Waals surface area contributed by atoms with Gasteiger partial charge in [-0.05, 0) is 18.6 Å². The van der Waals surface area contributed by atoms with E-state index in [0.717, 1.165) is 5.56 Å². The highest BCUT2D eigenvalue weighted by Crippen LogP contribution is 2.14. The molecule has 64 valence electrons. The number of halogens is 1. The van der Waals surface area contributed by atoms with Crippen molar-refractivity contribution < 1.29 is 4.39 Å². The van der Waals surface area contributed by atoms with E-state index in [1.165, 1.54) is 6.07 Å². The van der Waals surface area contributed by atoms with Gasteiger partial charge in [0.25, 0.3) is 0 Å². The van der Waals surface area contributed by atoms with E-state index in [1.54, 1.807) is 19.1 Å². The van der Waals surface area contributed by atoms with E-state index in [1.807, 2.05) is 0 Å². The lowest BCUT2D eigenvalue weighted by Crippen LogP contribution is -2.09. The van der Waals surface area contributed by atoms with Gasteiger partial charge in [0, 0.05) is 11.7 Å². The molecule has 2 nitrogen and oxygen atoms in total. The first-order valence-corrected chi connectivity index (χ1v) is 3.66. The van der Waals surface area contributed by atoms with Crippen LogP contribution in [0, 0.1) is 12.9 Å². The Kier molecular flexibility index (Phi) is 2.55. The second-order valence-electron chi connectivity index (χ2n) is 2.57. The number of aromatic nitrogens is 1. The zero-order chi connectivity index (χ0) is 9.14. The Morgan fingerprint density at radius 2 is 2.33 bits per heavy atom. The molecule has 0 saturated carbocycles. The molecule has 1 atom stereocenters. The highest BCUT2D eigenvalue weighted by Gasteiger charge is 2.06. The average Bonchev–Trinajstić information content (AvgIpc) is 2.03. The largest absolute Gasteiger partial charge is 0.321 e. The van der Waals surface area contributed by atoms with Crippen LogP contribution in [0.3, 0.4) is 0 Å². The molecule has 0 aliphatic heterocycles. The van der Waals surface area contributed by atoms with Crippen molar-refractivity contribution in [3.05, 3.63) is 42.0 Å². The molecule has 0 radical (unpaired) electrons. The molecule has 0 amide bonds. The smallest absolute Gasteiger partial charge is 0.213 e. The van der Waals surface area contributed by atoms with Crippen LogP contribution in [0.5, 0.6) is 0 Å². The standard InChI is InChI=1S/C9H11FN2/c1-3-8(11)7-4-5-9(10)12-6(7)2/h3-5,8H,1,11H2,2H3.